The highest BCUT2D eigenvalue weighted by molar-refractivity contribution is 7.14. The first-order chi connectivity index (χ1) is 7.19. The van der Waals surface area contributed by atoms with E-state index in [9.17, 15) is 0 Å². The number of alkyl halides is 1. The van der Waals surface area contributed by atoms with Gasteiger partial charge >= 0.3 is 0 Å². The molecule has 2 aromatic rings. The third kappa shape index (κ3) is 2.48. The second-order valence-corrected chi connectivity index (χ2v) is 4.92. The standard InChI is InChI=1S/C10H8Cl2N2S/c1-6-2-7(4-8(12)3-6)10-14-13-9(5-11)15-10/h2-4H,5H2,1H3. The van der Waals surface area contributed by atoms with E-state index in [1.54, 1.807) is 0 Å². The fourth-order valence-electron chi connectivity index (χ4n) is 1.28. The number of hydrogen-bond acceptors (Lipinski definition) is 3. The Morgan fingerprint density at radius 2 is 2.07 bits per heavy atom. The second-order valence-electron chi connectivity index (χ2n) is 3.15. The Bertz CT molecular complexity index is 462. The maximum Gasteiger partial charge on any atom is 0.147 e. The zero-order valence-electron chi connectivity index (χ0n) is 8.00. The highest BCUT2D eigenvalue weighted by atomic mass is 35.5. The molecule has 0 aliphatic rings. The summed E-state index contributed by atoms with van der Waals surface area (Å²) in [5.41, 5.74) is 2.11. The molecule has 5 heteroatoms. The molecule has 0 radical (unpaired) electrons. The Kier molecular flexibility index (Phi) is 3.24. The second kappa shape index (κ2) is 4.47. The van der Waals surface area contributed by atoms with Crippen molar-refractivity contribution in [1.29, 1.82) is 0 Å². The molecule has 0 bridgehead atoms. The van der Waals surface area contributed by atoms with Gasteiger partial charge in [-0.25, -0.2) is 0 Å². The van der Waals surface area contributed by atoms with Crippen LogP contribution in [0.3, 0.4) is 0 Å². The first kappa shape index (κ1) is 10.9. The molecule has 0 saturated heterocycles. The van der Waals surface area contributed by atoms with Crippen LogP contribution in [0.4, 0.5) is 0 Å². The molecule has 0 unspecified atom stereocenters. The lowest BCUT2D eigenvalue weighted by Crippen LogP contribution is -1.79. The Balaban J connectivity index is 2.44. The van der Waals surface area contributed by atoms with Gasteiger partial charge in [-0.05, 0) is 30.7 Å². The highest BCUT2D eigenvalue weighted by Crippen LogP contribution is 2.27. The molecule has 1 aromatic heterocycles. The third-order valence-electron chi connectivity index (χ3n) is 1.87. The lowest BCUT2D eigenvalue weighted by Gasteiger charge is -1.98. The maximum absolute atomic E-state index is 5.97. The predicted molar refractivity (Wildman–Crippen MR) is 64.6 cm³/mol. The molecule has 0 N–H and O–H groups in total. The number of hydrogen-bond donors (Lipinski definition) is 0. The van der Waals surface area contributed by atoms with Crippen molar-refractivity contribution >= 4 is 34.5 Å². The summed E-state index contributed by atoms with van der Waals surface area (Å²) < 4.78 is 0. The number of halogens is 2. The van der Waals surface area contributed by atoms with Gasteiger partial charge in [-0.1, -0.05) is 22.9 Å². The molecule has 0 amide bonds. The molecular formula is C10H8Cl2N2S. The largest absolute Gasteiger partial charge is 0.147 e. The smallest absolute Gasteiger partial charge is 0.142 e. The van der Waals surface area contributed by atoms with E-state index in [0.29, 0.717) is 10.9 Å². The number of benzene rings is 1. The van der Waals surface area contributed by atoms with Crippen LogP contribution in [0.2, 0.25) is 5.02 Å². The van der Waals surface area contributed by atoms with Crippen LogP contribution in [0.25, 0.3) is 10.6 Å². The lowest BCUT2D eigenvalue weighted by atomic mass is 10.1. The van der Waals surface area contributed by atoms with E-state index in [0.717, 1.165) is 21.1 Å². The molecule has 1 heterocycles. The van der Waals surface area contributed by atoms with Crippen molar-refractivity contribution in [3.63, 3.8) is 0 Å². The minimum atomic E-state index is 0.400. The fourth-order valence-corrected chi connectivity index (χ4v) is 2.47. The number of rotatable bonds is 2. The van der Waals surface area contributed by atoms with Gasteiger partial charge in [-0.2, -0.15) is 0 Å². The van der Waals surface area contributed by atoms with Crippen molar-refractivity contribution in [2.45, 2.75) is 12.8 Å². The van der Waals surface area contributed by atoms with E-state index >= 15 is 0 Å². The van der Waals surface area contributed by atoms with Crippen LogP contribution in [0, 0.1) is 6.92 Å². The zero-order valence-corrected chi connectivity index (χ0v) is 10.3. The van der Waals surface area contributed by atoms with Gasteiger partial charge in [-0.3, -0.25) is 0 Å². The van der Waals surface area contributed by atoms with Gasteiger partial charge in [0.25, 0.3) is 0 Å². The minimum absolute atomic E-state index is 0.400. The van der Waals surface area contributed by atoms with E-state index in [-0.39, 0.29) is 0 Å². The van der Waals surface area contributed by atoms with Crippen LogP contribution in [-0.4, -0.2) is 10.2 Å². The SMILES string of the molecule is Cc1cc(Cl)cc(-c2nnc(CCl)s2)c1. The minimum Gasteiger partial charge on any atom is -0.142 e. The summed E-state index contributed by atoms with van der Waals surface area (Å²) in [4.78, 5) is 0. The fraction of sp³-hybridized carbons (Fsp3) is 0.200. The van der Waals surface area contributed by atoms with E-state index in [1.165, 1.54) is 11.3 Å². The van der Waals surface area contributed by atoms with Crippen LogP contribution in [-0.2, 0) is 5.88 Å². The molecule has 0 aliphatic carbocycles. The first-order valence-corrected chi connectivity index (χ1v) is 6.08. The van der Waals surface area contributed by atoms with Crippen molar-refractivity contribution in [3.8, 4) is 10.6 Å². The summed E-state index contributed by atoms with van der Waals surface area (Å²) in [6.07, 6.45) is 0. The Morgan fingerprint density at radius 1 is 1.27 bits per heavy atom. The van der Waals surface area contributed by atoms with Crippen molar-refractivity contribution in [2.24, 2.45) is 0 Å². The van der Waals surface area contributed by atoms with Crippen LogP contribution in [0.5, 0.6) is 0 Å². The zero-order chi connectivity index (χ0) is 10.8. The van der Waals surface area contributed by atoms with Crippen LogP contribution < -0.4 is 0 Å². The number of nitrogens with zero attached hydrogens (tertiary/aromatic N) is 2. The average Bonchev–Trinajstić information content (AvgIpc) is 2.64. The summed E-state index contributed by atoms with van der Waals surface area (Å²) in [5.74, 6) is 0.400. The molecule has 78 valence electrons. The molecule has 15 heavy (non-hydrogen) atoms. The first-order valence-electron chi connectivity index (χ1n) is 4.35. The molecule has 0 saturated carbocycles. The molecule has 1 aromatic carbocycles. The van der Waals surface area contributed by atoms with Gasteiger partial charge in [0.15, 0.2) is 0 Å². The van der Waals surface area contributed by atoms with Gasteiger partial charge in [0, 0.05) is 10.6 Å². The van der Waals surface area contributed by atoms with E-state index < -0.39 is 0 Å². The van der Waals surface area contributed by atoms with Crippen molar-refractivity contribution in [2.75, 3.05) is 0 Å². The maximum atomic E-state index is 5.97. The molecule has 0 spiro atoms. The topological polar surface area (TPSA) is 25.8 Å². The van der Waals surface area contributed by atoms with Crippen molar-refractivity contribution < 1.29 is 0 Å². The van der Waals surface area contributed by atoms with E-state index in [2.05, 4.69) is 10.2 Å². The third-order valence-corrected chi connectivity index (χ3v) is 3.47. The Hall–Kier alpha value is -0.640. The van der Waals surface area contributed by atoms with Gasteiger partial charge in [-0.15, -0.1) is 21.8 Å². The number of aromatic nitrogens is 2. The van der Waals surface area contributed by atoms with Gasteiger partial charge in [0.1, 0.15) is 10.0 Å². The molecule has 0 atom stereocenters. The molecule has 0 fully saturated rings. The summed E-state index contributed by atoms with van der Waals surface area (Å²) in [5, 5.41) is 10.4. The highest BCUT2D eigenvalue weighted by Gasteiger charge is 2.06. The Morgan fingerprint density at radius 3 is 2.67 bits per heavy atom. The van der Waals surface area contributed by atoms with Crippen LogP contribution in [0.15, 0.2) is 18.2 Å². The van der Waals surface area contributed by atoms with Crippen molar-refractivity contribution in [1.82, 2.24) is 10.2 Å². The van der Waals surface area contributed by atoms with E-state index in [1.807, 2.05) is 25.1 Å². The molecular weight excluding hydrogens is 251 g/mol. The van der Waals surface area contributed by atoms with Gasteiger partial charge in [0.2, 0.25) is 0 Å². The Labute approximate surface area is 102 Å². The van der Waals surface area contributed by atoms with Crippen molar-refractivity contribution in [3.05, 3.63) is 33.8 Å². The summed E-state index contributed by atoms with van der Waals surface area (Å²) in [7, 11) is 0. The molecule has 2 nitrogen and oxygen atoms in total. The quantitative estimate of drug-likeness (QED) is 0.764. The summed E-state index contributed by atoms with van der Waals surface area (Å²) >= 11 is 13.1. The average molecular weight is 259 g/mol. The van der Waals surface area contributed by atoms with Gasteiger partial charge < -0.3 is 0 Å². The van der Waals surface area contributed by atoms with Gasteiger partial charge in [0.05, 0.1) is 5.88 Å². The molecule has 2 rings (SSSR count). The lowest BCUT2D eigenvalue weighted by molar-refractivity contribution is 1.04. The van der Waals surface area contributed by atoms with E-state index in [4.69, 9.17) is 23.2 Å². The summed E-state index contributed by atoms with van der Waals surface area (Å²) in [6, 6.07) is 5.83. The summed E-state index contributed by atoms with van der Waals surface area (Å²) in [6.45, 7) is 2.00. The number of aryl methyl sites for hydroxylation is 1. The molecule has 0 aliphatic heterocycles. The monoisotopic (exact) mass is 258 g/mol. The van der Waals surface area contributed by atoms with Crippen LogP contribution in [0.1, 0.15) is 10.6 Å². The normalized spacial score (nSPS) is 10.6. The predicted octanol–water partition coefficient (Wildman–Crippen LogP) is 3.91. The van der Waals surface area contributed by atoms with Crippen LogP contribution >= 0.6 is 34.5 Å².